The van der Waals surface area contributed by atoms with E-state index in [4.69, 9.17) is 21.1 Å². The number of nitrogens with zero attached hydrogens (tertiary/aromatic N) is 1. The molecule has 1 aromatic heterocycles. The predicted octanol–water partition coefficient (Wildman–Crippen LogP) is 4.78. The molecular formula is C22H24ClNO4S. The molecule has 1 aliphatic heterocycles. The first-order valence-corrected chi connectivity index (χ1v) is 11.1. The Kier molecular flexibility index (Phi) is 7.47. The third-order valence-corrected chi connectivity index (χ3v) is 6.21. The number of ketones is 1. The smallest absolute Gasteiger partial charge is 0.179 e. The number of hydrogen-bond acceptors (Lipinski definition) is 4. The molecule has 0 bridgehead atoms. The van der Waals surface area contributed by atoms with E-state index in [0.29, 0.717) is 40.3 Å². The number of hydrogen-bond donors (Lipinski definition) is 0. The molecule has 0 amide bonds. The Bertz CT molecular complexity index is 986. The number of carbonyl (C=O) groups excluding carboxylic acids is 1. The Morgan fingerprint density at radius 2 is 2.17 bits per heavy atom. The highest BCUT2D eigenvalue weighted by Gasteiger charge is 2.20. The molecule has 1 aliphatic rings. The molecule has 1 saturated heterocycles. The number of aromatic nitrogens is 1. The highest BCUT2D eigenvalue weighted by atomic mass is 35.5. The van der Waals surface area contributed by atoms with Gasteiger partial charge < -0.3 is 9.47 Å². The van der Waals surface area contributed by atoms with Crippen LogP contribution in [-0.2, 0) is 15.7 Å². The lowest BCUT2D eigenvalue weighted by molar-refractivity contribution is 0.0256. The Morgan fingerprint density at radius 1 is 1.41 bits per heavy atom. The highest BCUT2D eigenvalue weighted by molar-refractivity contribution is 7.87. The zero-order valence-electron chi connectivity index (χ0n) is 16.3. The van der Waals surface area contributed by atoms with Gasteiger partial charge in [0.15, 0.2) is 16.8 Å². The summed E-state index contributed by atoms with van der Waals surface area (Å²) in [4.78, 5) is 12.9. The molecule has 7 heteroatoms. The summed E-state index contributed by atoms with van der Waals surface area (Å²) in [5, 5.41) is 0.696. The van der Waals surface area contributed by atoms with Crippen LogP contribution in [0.5, 0.6) is 5.75 Å². The standard InChI is InChI=1S/C22H24ClNO4S/c1-3-5-18(6-4-2)29(26)24-15-20(22(25)14-23)19-8-7-17(13-21(19)24)28-16-9-11-27-12-10-16/h3-8,13,15-16H,1,9-12,14H2,2H3/b6-4-,18-5+. The van der Waals surface area contributed by atoms with Crippen molar-refractivity contribution in [1.82, 2.24) is 3.97 Å². The maximum Gasteiger partial charge on any atom is 0.179 e. The summed E-state index contributed by atoms with van der Waals surface area (Å²) in [5.41, 5.74) is 1.10. The summed E-state index contributed by atoms with van der Waals surface area (Å²) >= 11 is 5.79. The van der Waals surface area contributed by atoms with E-state index in [1.165, 1.54) is 0 Å². The number of ether oxygens (including phenoxy) is 2. The molecule has 5 nitrogen and oxygen atoms in total. The SMILES string of the molecule is C=C/C=C(\C=C/C)S(=O)n1cc(C(=O)CCl)c2ccc(OC3CCOCC3)cc21. The average Bonchev–Trinajstić information content (AvgIpc) is 3.12. The Labute approximate surface area is 178 Å². The van der Waals surface area contributed by atoms with Gasteiger partial charge in [-0.05, 0) is 31.2 Å². The van der Waals surface area contributed by atoms with E-state index in [1.807, 2.05) is 31.2 Å². The van der Waals surface area contributed by atoms with Gasteiger partial charge in [-0.15, -0.1) is 11.6 Å². The van der Waals surface area contributed by atoms with E-state index >= 15 is 0 Å². The largest absolute Gasteiger partial charge is 0.490 e. The van der Waals surface area contributed by atoms with E-state index in [-0.39, 0.29) is 17.8 Å². The lowest BCUT2D eigenvalue weighted by atomic mass is 10.1. The highest BCUT2D eigenvalue weighted by Crippen LogP contribution is 2.30. The minimum absolute atomic E-state index is 0.0818. The van der Waals surface area contributed by atoms with Crippen molar-refractivity contribution in [3.63, 3.8) is 0 Å². The maximum atomic E-state index is 13.3. The Morgan fingerprint density at radius 3 is 2.83 bits per heavy atom. The first kappa shape index (κ1) is 21.6. The minimum atomic E-state index is -1.56. The van der Waals surface area contributed by atoms with Gasteiger partial charge in [0.1, 0.15) is 11.9 Å². The molecule has 0 N–H and O–H groups in total. The van der Waals surface area contributed by atoms with Crippen molar-refractivity contribution in [3.05, 3.63) is 65.7 Å². The second kappa shape index (κ2) is 10.1. The molecule has 1 fully saturated rings. The number of benzene rings is 1. The van der Waals surface area contributed by atoms with Crippen LogP contribution in [0.25, 0.3) is 10.9 Å². The summed E-state index contributed by atoms with van der Waals surface area (Å²) in [6.45, 7) is 6.91. The number of fused-ring (bicyclic) bond motifs is 1. The van der Waals surface area contributed by atoms with Crippen LogP contribution >= 0.6 is 11.6 Å². The van der Waals surface area contributed by atoms with Crippen molar-refractivity contribution < 1.29 is 18.5 Å². The van der Waals surface area contributed by atoms with Crippen LogP contribution in [0.4, 0.5) is 0 Å². The fourth-order valence-electron chi connectivity index (χ4n) is 3.23. The first-order valence-electron chi connectivity index (χ1n) is 9.45. The van der Waals surface area contributed by atoms with Crippen LogP contribution in [-0.4, -0.2) is 39.2 Å². The van der Waals surface area contributed by atoms with Crippen molar-refractivity contribution in [2.45, 2.75) is 25.9 Å². The van der Waals surface area contributed by atoms with Gasteiger partial charge in [0.05, 0.1) is 29.5 Å². The predicted molar refractivity (Wildman–Crippen MR) is 118 cm³/mol. The van der Waals surface area contributed by atoms with Gasteiger partial charge >= 0.3 is 0 Å². The molecule has 0 saturated carbocycles. The van der Waals surface area contributed by atoms with E-state index in [0.717, 1.165) is 12.8 Å². The lowest BCUT2D eigenvalue weighted by Gasteiger charge is -2.23. The molecule has 1 atom stereocenters. The summed E-state index contributed by atoms with van der Waals surface area (Å²) in [6.07, 6.45) is 10.2. The van der Waals surface area contributed by atoms with Gasteiger partial charge in [-0.25, -0.2) is 4.21 Å². The van der Waals surface area contributed by atoms with Crippen LogP contribution in [0.1, 0.15) is 30.1 Å². The molecule has 154 valence electrons. The minimum Gasteiger partial charge on any atom is -0.490 e. The second-order valence-electron chi connectivity index (χ2n) is 6.59. The van der Waals surface area contributed by atoms with E-state index in [9.17, 15) is 9.00 Å². The zero-order chi connectivity index (χ0) is 20.8. The molecular weight excluding hydrogens is 410 g/mol. The Balaban J connectivity index is 2.07. The van der Waals surface area contributed by atoms with Crippen LogP contribution in [0, 0.1) is 0 Å². The summed E-state index contributed by atoms with van der Waals surface area (Å²) in [7, 11) is -1.56. The van der Waals surface area contributed by atoms with E-state index in [2.05, 4.69) is 6.58 Å². The fraction of sp³-hybridized carbons (Fsp3) is 0.318. The molecule has 2 aromatic rings. The molecule has 0 aliphatic carbocycles. The van der Waals surface area contributed by atoms with Crippen molar-refractivity contribution in [1.29, 1.82) is 0 Å². The van der Waals surface area contributed by atoms with Gasteiger partial charge in [0.2, 0.25) is 0 Å². The monoisotopic (exact) mass is 433 g/mol. The van der Waals surface area contributed by atoms with Crippen LogP contribution in [0.2, 0.25) is 0 Å². The Hall–Kier alpha value is -2.15. The third kappa shape index (κ3) is 4.89. The maximum absolute atomic E-state index is 13.3. The van der Waals surface area contributed by atoms with E-state index in [1.54, 1.807) is 28.4 Å². The summed E-state index contributed by atoms with van der Waals surface area (Å²) in [6, 6.07) is 5.49. The van der Waals surface area contributed by atoms with Gasteiger partial charge in [-0.1, -0.05) is 18.7 Å². The summed E-state index contributed by atoms with van der Waals surface area (Å²) in [5.74, 6) is 0.313. The number of halogens is 1. The number of rotatable bonds is 8. The quantitative estimate of drug-likeness (QED) is 0.341. The first-order chi connectivity index (χ1) is 14.1. The topological polar surface area (TPSA) is 57.5 Å². The third-order valence-electron chi connectivity index (χ3n) is 4.63. The van der Waals surface area contributed by atoms with Gasteiger partial charge in [0.25, 0.3) is 0 Å². The molecule has 3 rings (SSSR count). The molecule has 1 unspecified atom stereocenters. The second-order valence-corrected chi connectivity index (χ2v) is 8.22. The number of allylic oxidation sites excluding steroid dienone is 4. The average molecular weight is 434 g/mol. The van der Waals surface area contributed by atoms with Crippen molar-refractivity contribution in [2.24, 2.45) is 0 Å². The molecule has 2 heterocycles. The van der Waals surface area contributed by atoms with Crippen molar-refractivity contribution in [2.75, 3.05) is 19.1 Å². The zero-order valence-corrected chi connectivity index (χ0v) is 17.9. The van der Waals surface area contributed by atoms with Crippen LogP contribution in [0.15, 0.2) is 60.2 Å². The molecule has 0 radical (unpaired) electrons. The van der Waals surface area contributed by atoms with Gasteiger partial charge in [-0.3, -0.25) is 8.77 Å². The normalized spacial score (nSPS) is 17.0. The van der Waals surface area contributed by atoms with Gasteiger partial charge in [0, 0.05) is 36.1 Å². The van der Waals surface area contributed by atoms with Crippen molar-refractivity contribution in [3.8, 4) is 5.75 Å². The molecule has 29 heavy (non-hydrogen) atoms. The fourth-order valence-corrected chi connectivity index (χ4v) is 4.60. The number of Topliss-reactive ketones (excluding diaryl/α,β-unsaturated/α-hetero) is 1. The van der Waals surface area contributed by atoms with Crippen LogP contribution < -0.4 is 4.74 Å². The lowest BCUT2D eigenvalue weighted by Crippen LogP contribution is -2.25. The van der Waals surface area contributed by atoms with Crippen molar-refractivity contribution >= 4 is 39.3 Å². The van der Waals surface area contributed by atoms with Gasteiger partial charge in [-0.2, -0.15) is 0 Å². The van der Waals surface area contributed by atoms with Crippen LogP contribution in [0.3, 0.4) is 0 Å². The number of carbonyl (C=O) groups is 1. The summed E-state index contributed by atoms with van der Waals surface area (Å²) < 4.78 is 26.3. The molecule has 0 spiro atoms. The number of alkyl halides is 1. The van der Waals surface area contributed by atoms with E-state index < -0.39 is 11.0 Å². The molecule has 1 aromatic carbocycles.